The van der Waals surface area contributed by atoms with Crippen molar-refractivity contribution in [3.8, 4) is 0 Å². The van der Waals surface area contributed by atoms with E-state index < -0.39 is 4.92 Å². The van der Waals surface area contributed by atoms with Crippen LogP contribution in [0.1, 0.15) is 32.1 Å². The number of nitrogens with zero attached hydrogens (tertiary/aromatic N) is 2. The number of rotatable bonds is 3. The fourth-order valence-corrected chi connectivity index (χ4v) is 2.77. The van der Waals surface area contributed by atoms with Crippen LogP contribution in [0.5, 0.6) is 0 Å². The van der Waals surface area contributed by atoms with Crippen LogP contribution in [-0.4, -0.2) is 22.0 Å². The molecule has 7 heteroatoms. The monoisotopic (exact) mass is 290 g/mol. The first-order valence-corrected chi connectivity index (χ1v) is 7.20. The maximum Gasteiger partial charge on any atom is 0.295 e. The van der Waals surface area contributed by atoms with E-state index in [1.54, 1.807) is 6.07 Å². The zero-order valence-electron chi connectivity index (χ0n) is 11.6. The Morgan fingerprint density at radius 2 is 2.14 bits per heavy atom. The Labute approximate surface area is 121 Å². The number of oxazole rings is 1. The van der Waals surface area contributed by atoms with Gasteiger partial charge >= 0.3 is 0 Å². The molecule has 0 amide bonds. The van der Waals surface area contributed by atoms with Crippen LogP contribution in [0.4, 0.5) is 11.7 Å². The number of nitro groups is 1. The van der Waals surface area contributed by atoms with Gasteiger partial charge in [-0.15, -0.1) is 0 Å². The van der Waals surface area contributed by atoms with Crippen LogP contribution in [-0.2, 0) is 0 Å². The zero-order chi connectivity index (χ0) is 14.8. The second kappa shape index (κ2) is 5.69. The molecule has 1 saturated carbocycles. The van der Waals surface area contributed by atoms with Gasteiger partial charge in [0.15, 0.2) is 5.58 Å². The lowest BCUT2D eigenvalue weighted by Gasteiger charge is -2.21. The van der Waals surface area contributed by atoms with Crippen molar-refractivity contribution in [3.05, 3.63) is 28.3 Å². The van der Waals surface area contributed by atoms with Gasteiger partial charge in [-0.25, -0.2) is 0 Å². The van der Waals surface area contributed by atoms with Gasteiger partial charge in [0.1, 0.15) is 5.52 Å². The van der Waals surface area contributed by atoms with Crippen molar-refractivity contribution in [2.24, 2.45) is 5.73 Å². The molecule has 7 nitrogen and oxygen atoms in total. The van der Waals surface area contributed by atoms with E-state index in [0.29, 0.717) is 17.1 Å². The van der Waals surface area contributed by atoms with Gasteiger partial charge in [-0.2, -0.15) is 4.98 Å². The maximum atomic E-state index is 10.8. The number of nitrogens with two attached hydrogens (primary N) is 1. The molecule has 0 bridgehead atoms. The van der Waals surface area contributed by atoms with E-state index in [2.05, 4.69) is 10.3 Å². The number of aromatic nitrogens is 1. The molecule has 3 rings (SSSR count). The van der Waals surface area contributed by atoms with E-state index in [0.717, 1.165) is 25.7 Å². The average molecular weight is 290 g/mol. The largest absolute Gasteiger partial charge is 0.424 e. The molecule has 0 saturated heterocycles. The molecule has 2 unspecified atom stereocenters. The molecule has 21 heavy (non-hydrogen) atoms. The summed E-state index contributed by atoms with van der Waals surface area (Å²) in [6.07, 6.45) is 5.46. The van der Waals surface area contributed by atoms with E-state index in [-0.39, 0.29) is 17.8 Å². The lowest BCUT2D eigenvalue weighted by molar-refractivity contribution is -0.384. The smallest absolute Gasteiger partial charge is 0.295 e. The van der Waals surface area contributed by atoms with Crippen molar-refractivity contribution >= 4 is 22.8 Å². The molecule has 1 aliphatic carbocycles. The molecular weight excluding hydrogens is 272 g/mol. The topological polar surface area (TPSA) is 107 Å². The van der Waals surface area contributed by atoms with Gasteiger partial charge in [-0.3, -0.25) is 10.1 Å². The summed E-state index contributed by atoms with van der Waals surface area (Å²) >= 11 is 0. The Morgan fingerprint density at radius 1 is 1.33 bits per heavy atom. The fourth-order valence-electron chi connectivity index (χ4n) is 2.77. The van der Waals surface area contributed by atoms with Gasteiger partial charge in [0.2, 0.25) is 0 Å². The highest BCUT2D eigenvalue weighted by Gasteiger charge is 2.22. The molecule has 3 N–H and O–H groups in total. The summed E-state index contributed by atoms with van der Waals surface area (Å²) in [6.45, 7) is 0. The first-order chi connectivity index (χ1) is 10.1. The van der Waals surface area contributed by atoms with Crippen molar-refractivity contribution in [1.29, 1.82) is 0 Å². The molecule has 1 aromatic heterocycles. The SMILES string of the molecule is NC1CCCCCC1Nc1nc2cc([N+](=O)[O-])ccc2o1. The minimum atomic E-state index is -0.442. The Balaban J connectivity index is 1.82. The van der Waals surface area contributed by atoms with Gasteiger partial charge in [-0.1, -0.05) is 19.3 Å². The average Bonchev–Trinajstić information content (AvgIpc) is 2.75. The van der Waals surface area contributed by atoms with Crippen LogP contribution in [0.3, 0.4) is 0 Å². The van der Waals surface area contributed by atoms with E-state index in [1.165, 1.54) is 18.6 Å². The summed E-state index contributed by atoms with van der Waals surface area (Å²) in [4.78, 5) is 14.6. The lowest BCUT2D eigenvalue weighted by atomic mass is 10.0. The Kier molecular flexibility index (Phi) is 3.74. The second-order valence-electron chi connectivity index (χ2n) is 5.48. The molecular formula is C14H18N4O3. The van der Waals surface area contributed by atoms with E-state index in [9.17, 15) is 10.1 Å². The van der Waals surface area contributed by atoms with Gasteiger partial charge in [0.25, 0.3) is 11.7 Å². The van der Waals surface area contributed by atoms with E-state index >= 15 is 0 Å². The summed E-state index contributed by atoms with van der Waals surface area (Å²) in [5.74, 6) is 0. The van der Waals surface area contributed by atoms with Crippen LogP contribution in [0, 0.1) is 10.1 Å². The molecule has 1 aliphatic rings. The summed E-state index contributed by atoms with van der Waals surface area (Å²) in [5, 5.41) is 14.0. The summed E-state index contributed by atoms with van der Waals surface area (Å²) in [5.41, 5.74) is 7.18. The minimum Gasteiger partial charge on any atom is -0.424 e. The molecule has 112 valence electrons. The first-order valence-electron chi connectivity index (χ1n) is 7.20. The van der Waals surface area contributed by atoms with Crippen LogP contribution in [0.25, 0.3) is 11.1 Å². The van der Waals surface area contributed by atoms with Crippen molar-refractivity contribution < 1.29 is 9.34 Å². The number of anilines is 1. The standard InChI is InChI=1S/C14H18N4O3/c15-10-4-2-1-3-5-11(10)16-14-17-12-8-9(18(19)20)6-7-13(12)21-14/h6-8,10-11H,1-5,15H2,(H,16,17). The van der Waals surface area contributed by atoms with Gasteiger partial charge in [0.05, 0.1) is 4.92 Å². The predicted octanol–water partition coefficient (Wildman–Crippen LogP) is 2.81. The van der Waals surface area contributed by atoms with Crippen LogP contribution in [0.2, 0.25) is 0 Å². The molecule has 0 radical (unpaired) electrons. The molecule has 0 aliphatic heterocycles. The Hall–Kier alpha value is -2.15. The molecule has 2 atom stereocenters. The normalized spacial score (nSPS) is 22.9. The highest BCUT2D eigenvalue weighted by molar-refractivity contribution is 5.77. The fraction of sp³-hybridized carbons (Fsp3) is 0.500. The van der Waals surface area contributed by atoms with Crippen LogP contribution < -0.4 is 11.1 Å². The van der Waals surface area contributed by atoms with Crippen molar-refractivity contribution in [3.63, 3.8) is 0 Å². The first kappa shape index (κ1) is 13.8. The number of non-ortho nitro benzene ring substituents is 1. The van der Waals surface area contributed by atoms with Crippen LogP contribution >= 0.6 is 0 Å². The number of fused-ring (bicyclic) bond motifs is 1. The number of nitro benzene ring substituents is 1. The van der Waals surface area contributed by atoms with Crippen molar-refractivity contribution in [2.45, 2.75) is 44.2 Å². The minimum absolute atomic E-state index is 0.00789. The summed E-state index contributed by atoms with van der Waals surface area (Å²) < 4.78 is 5.59. The Morgan fingerprint density at radius 3 is 2.95 bits per heavy atom. The lowest BCUT2D eigenvalue weighted by Crippen LogP contribution is -2.39. The molecule has 0 spiro atoms. The number of benzene rings is 1. The molecule has 2 aromatic rings. The third kappa shape index (κ3) is 2.97. The third-order valence-electron chi connectivity index (χ3n) is 3.96. The van der Waals surface area contributed by atoms with Gasteiger partial charge < -0.3 is 15.5 Å². The number of hydrogen-bond donors (Lipinski definition) is 2. The molecule has 1 aromatic carbocycles. The second-order valence-corrected chi connectivity index (χ2v) is 5.48. The summed E-state index contributed by atoms with van der Waals surface area (Å²) in [6, 6.07) is 4.99. The highest BCUT2D eigenvalue weighted by Crippen LogP contribution is 2.25. The molecule has 1 fully saturated rings. The quantitative estimate of drug-likeness (QED) is 0.511. The number of nitrogens with one attached hydrogen (secondary N) is 1. The zero-order valence-corrected chi connectivity index (χ0v) is 11.6. The highest BCUT2D eigenvalue weighted by atomic mass is 16.6. The maximum absolute atomic E-state index is 10.8. The van der Waals surface area contributed by atoms with Gasteiger partial charge in [0, 0.05) is 24.2 Å². The van der Waals surface area contributed by atoms with Crippen molar-refractivity contribution in [2.75, 3.05) is 5.32 Å². The predicted molar refractivity (Wildman–Crippen MR) is 79.1 cm³/mol. The summed E-state index contributed by atoms with van der Waals surface area (Å²) in [7, 11) is 0. The van der Waals surface area contributed by atoms with Crippen LogP contribution in [0.15, 0.2) is 22.6 Å². The van der Waals surface area contributed by atoms with E-state index in [1.807, 2.05) is 0 Å². The van der Waals surface area contributed by atoms with Crippen molar-refractivity contribution in [1.82, 2.24) is 4.98 Å². The Bertz CT molecular complexity index is 655. The molecule has 1 heterocycles. The van der Waals surface area contributed by atoms with E-state index in [4.69, 9.17) is 10.2 Å². The number of hydrogen-bond acceptors (Lipinski definition) is 6. The third-order valence-corrected chi connectivity index (χ3v) is 3.96. The van der Waals surface area contributed by atoms with Gasteiger partial charge in [-0.05, 0) is 18.9 Å².